The SMILES string of the molecule is CC(C)c1ccc(N2CCC(=O)NC2=O)c2cccnc12. The van der Waals surface area contributed by atoms with E-state index in [4.69, 9.17) is 0 Å². The van der Waals surface area contributed by atoms with Gasteiger partial charge in [0.1, 0.15) is 0 Å². The van der Waals surface area contributed by atoms with Gasteiger partial charge in [0.2, 0.25) is 5.91 Å². The predicted octanol–water partition coefficient (Wildman–Crippen LogP) is 2.80. The Morgan fingerprint density at radius 3 is 2.76 bits per heavy atom. The molecular weight excluding hydrogens is 266 g/mol. The Hall–Kier alpha value is -2.43. The summed E-state index contributed by atoms with van der Waals surface area (Å²) in [6.45, 7) is 4.64. The number of benzene rings is 1. The molecular formula is C16H17N3O2. The van der Waals surface area contributed by atoms with Gasteiger partial charge in [0.15, 0.2) is 0 Å². The lowest BCUT2D eigenvalue weighted by molar-refractivity contribution is -0.120. The van der Waals surface area contributed by atoms with Crippen LogP contribution in [0.3, 0.4) is 0 Å². The van der Waals surface area contributed by atoms with Crippen molar-refractivity contribution < 1.29 is 9.59 Å². The van der Waals surface area contributed by atoms with Gasteiger partial charge in [-0.15, -0.1) is 0 Å². The molecule has 1 saturated heterocycles. The molecule has 0 unspecified atom stereocenters. The summed E-state index contributed by atoms with van der Waals surface area (Å²) in [5.41, 5.74) is 2.87. The summed E-state index contributed by atoms with van der Waals surface area (Å²) < 4.78 is 0. The fourth-order valence-corrected chi connectivity index (χ4v) is 2.67. The Kier molecular flexibility index (Phi) is 3.33. The Bertz CT molecular complexity index is 725. The number of pyridine rings is 1. The third kappa shape index (κ3) is 2.35. The molecule has 1 aromatic carbocycles. The minimum absolute atomic E-state index is 0.225. The van der Waals surface area contributed by atoms with Crippen LogP contribution in [-0.2, 0) is 4.79 Å². The first-order chi connectivity index (χ1) is 10.1. The van der Waals surface area contributed by atoms with Gasteiger partial charge in [-0.1, -0.05) is 19.9 Å². The van der Waals surface area contributed by atoms with E-state index in [0.717, 1.165) is 22.2 Å². The molecule has 3 amide bonds. The molecule has 0 radical (unpaired) electrons. The van der Waals surface area contributed by atoms with Crippen molar-refractivity contribution in [2.24, 2.45) is 0 Å². The fraction of sp³-hybridized carbons (Fsp3) is 0.312. The van der Waals surface area contributed by atoms with E-state index in [1.54, 1.807) is 11.1 Å². The van der Waals surface area contributed by atoms with Crippen molar-refractivity contribution in [2.45, 2.75) is 26.2 Å². The van der Waals surface area contributed by atoms with Crippen molar-refractivity contribution in [2.75, 3.05) is 11.4 Å². The number of amides is 3. The number of carbonyl (C=O) groups excluding carboxylic acids is 2. The Balaban J connectivity index is 2.14. The van der Waals surface area contributed by atoms with E-state index in [0.29, 0.717) is 18.9 Å². The molecule has 1 aromatic heterocycles. The fourth-order valence-electron chi connectivity index (χ4n) is 2.67. The lowest BCUT2D eigenvalue weighted by atomic mass is 9.98. The Labute approximate surface area is 123 Å². The molecule has 0 aliphatic carbocycles. The highest BCUT2D eigenvalue weighted by Crippen LogP contribution is 2.32. The second kappa shape index (κ2) is 5.16. The zero-order valence-corrected chi connectivity index (χ0v) is 12.1. The molecule has 2 aromatic rings. The molecule has 0 bridgehead atoms. The number of anilines is 1. The van der Waals surface area contributed by atoms with Crippen molar-refractivity contribution in [3.63, 3.8) is 0 Å². The van der Waals surface area contributed by atoms with Crippen molar-refractivity contribution in [3.05, 3.63) is 36.0 Å². The van der Waals surface area contributed by atoms with Crippen molar-refractivity contribution in [1.82, 2.24) is 10.3 Å². The summed E-state index contributed by atoms with van der Waals surface area (Å²) >= 11 is 0. The van der Waals surface area contributed by atoms with Crippen LogP contribution in [-0.4, -0.2) is 23.5 Å². The molecule has 1 N–H and O–H groups in total. The largest absolute Gasteiger partial charge is 0.328 e. The number of aromatic nitrogens is 1. The first-order valence-corrected chi connectivity index (χ1v) is 7.07. The lowest BCUT2D eigenvalue weighted by Crippen LogP contribution is -2.49. The normalized spacial score (nSPS) is 15.7. The van der Waals surface area contributed by atoms with E-state index in [9.17, 15) is 9.59 Å². The van der Waals surface area contributed by atoms with Crippen LogP contribution in [0.1, 0.15) is 31.7 Å². The Morgan fingerprint density at radius 2 is 2.05 bits per heavy atom. The van der Waals surface area contributed by atoms with E-state index >= 15 is 0 Å². The maximum absolute atomic E-state index is 12.0. The van der Waals surface area contributed by atoms with Gasteiger partial charge in [-0.05, 0) is 29.7 Å². The number of hydrogen-bond acceptors (Lipinski definition) is 3. The van der Waals surface area contributed by atoms with Crippen molar-refractivity contribution in [1.29, 1.82) is 0 Å². The van der Waals surface area contributed by atoms with E-state index in [1.165, 1.54) is 0 Å². The van der Waals surface area contributed by atoms with Crippen LogP contribution in [0.15, 0.2) is 30.5 Å². The summed E-state index contributed by atoms with van der Waals surface area (Å²) in [4.78, 5) is 29.4. The van der Waals surface area contributed by atoms with Gasteiger partial charge < -0.3 is 0 Å². The molecule has 2 heterocycles. The zero-order valence-electron chi connectivity index (χ0n) is 12.1. The number of nitrogens with one attached hydrogen (secondary N) is 1. The number of fused-ring (bicyclic) bond motifs is 1. The molecule has 0 atom stereocenters. The molecule has 5 heteroatoms. The van der Waals surface area contributed by atoms with Crippen LogP contribution in [0.2, 0.25) is 0 Å². The first kappa shape index (κ1) is 13.5. The maximum Gasteiger partial charge on any atom is 0.328 e. The summed E-state index contributed by atoms with van der Waals surface area (Å²) in [5, 5.41) is 3.30. The van der Waals surface area contributed by atoms with E-state index in [2.05, 4.69) is 24.1 Å². The monoisotopic (exact) mass is 283 g/mol. The summed E-state index contributed by atoms with van der Waals surface area (Å²) in [6, 6.07) is 7.41. The molecule has 108 valence electrons. The van der Waals surface area contributed by atoms with Gasteiger partial charge in [-0.25, -0.2) is 4.79 Å². The van der Waals surface area contributed by atoms with E-state index in [-0.39, 0.29) is 11.9 Å². The number of rotatable bonds is 2. The second-order valence-electron chi connectivity index (χ2n) is 5.48. The highest BCUT2D eigenvalue weighted by Gasteiger charge is 2.26. The smallest absolute Gasteiger partial charge is 0.293 e. The third-order valence-electron chi connectivity index (χ3n) is 3.74. The van der Waals surface area contributed by atoms with Gasteiger partial charge in [-0.2, -0.15) is 0 Å². The van der Waals surface area contributed by atoms with Gasteiger partial charge in [0, 0.05) is 24.5 Å². The standard InChI is InChI=1S/C16H17N3O2/c1-10(2)11-5-6-13(12-4-3-8-17-15(11)12)19-9-7-14(20)18-16(19)21/h3-6,8,10H,7,9H2,1-2H3,(H,18,20,21). The van der Waals surface area contributed by atoms with Crippen LogP contribution in [0.4, 0.5) is 10.5 Å². The van der Waals surface area contributed by atoms with Crippen LogP contribution in [0.25, 0.3) is 10.9 Å². The quantitative estimate of drug-likeness (QED) is 0.921. The topological polar surface area (TPSA) is 62.3 Å². The molecule has 1 aliphatic rings. The number of imide groups is 1. The number of urea groups is 1. The minimum atomic E-state index is -0.367. The lowest BCUT2D eigenvalue weighted by Gasteiger charge is -2.28. The highest BCUT2D eigenvalue weighted by atomic mass is 16.2. The minimum Gasteiger partial charge on any atom is -0.293 e. The molecule has 1 aliphatic heterocycles. The van der Waals surface area contributed by atoms with Crippen molar-refractivity contribution in [3.8, 4) is 0 Å². The van der Waals surface area contributed by atoms with Crippen LogP contribution in [0.5, 0.6) is 0 Å². The average molecular weight is 283 g/mol. The first-order valence-electron chi connectivity index (χ1n) is 7.07. The molecule has 21 heavy (non-hydrogen) atoms. The van der Waals surface area contributed by atoms with Crippen LogP contribution >= 0.6 is 0 Å². The number of hydrogen-bond donors (Lipinski definition) is 1. The average Bonchev–Trinajstić information content (AvgIpc) is 2.46. The number of nitrogens with zero attached hydrogens (tertiary/aromatic N) is 2. The number of carbonyl (C=O) groups is 2. The molecule has 0 spiro atoms. The van der Waals surface area contributed by atoms with E-state index < -0.39 is 0 Å². The third-order valence-corrected chi connectivity index (χ3v) is 3.74. The van der Waals surface area contributed by atoms with Crippen LogP contribution in [0, 0.1) is 0 Å². The Morgan fingerprint density at radius 1 is 1.24 bits per heavy atom. The van der Waals surface area contributed by atoms with Crippen molar-refractivity contribution >= 4 is 28.5 Å². The second-order valence-corrected chi connectivity index (χ2v) is 5.48. The van der Waals surface area contributed by atoms with Crippen LogP contribution < -0.4 is 10.2 Å². The predicted molar refractivity (Wildman–Crippen MR) is 81.3 cm³/mol. The van der Waals surface area contributed by atoms with E-state index in [1.807, 2.05) is 24.3 Å². The molecule has 1 fully saturated rings. The molecule has 5 nitrogen and oxygen atoms in total. The molecule has 0 saturated carbocycles. The zero-order chi connectivity index (χ0) is 15.0. The van der Waals surface area contributed by atoms with Gasteiger partial charge in [-0.3, -0.25) is 20.0 Å². The summed E-state index contributed by atoms with van der Waals surface area (Å²) in [7, 11) is 0. The maximum atomic E-state index is 12.0. The summed E-state index contributed by atoms with van der Waals surface area (Å²) in [5.74, 6) is 0.130. The molecule has 3 rings (SSSR count). The van der Waals surface area contributed by atoms with Gasteiger partial charge in [0.05, 0.1) is 11.2 Å². The highest BCUT2D eigenvalue weighted by molar-refractivity contribution is 6.09. The van der Waals surface area contributed by atoms with Gasteiger partial charge >= 0.3 is 6.03 Å². The summed E-state index contributed by atoms with van der Waals surface area (Å²) in [6.07, 6.45) is 2.08. The van der Waals surface area contributed by atoms with Gasteiger partial charge in [0.25, 0.3) is 0 Å².